The Morgan fingerprint density at radius 1 is 1.03 bits per heavy atom. The van der Waals surface area contributed by atoms with Crippen molar-refractivity contribution in [1.29, 1.82) is 0 Å². The summed E-state index contributed by atoms with van der Waals surface area (Å²) in [5.74, 6) is 0.950. The zero-order chi connectivity index (χ0) is 21.6. The minimum absolute atomic E-state index is 0.0989. The van der Waals surface area contributed by atoms with Gasteiger partial charge in [0.05, 0.1) is 25.0 Å². The van der Waals surface area contributed by atoms with Crippen LogP contribution in [0.1, 0.15) is 18.4 Å². The lowest BCUT2D eigenvalue weighted by atomic mass is 9.99. The molecule has 0 radical (unpaired) electrons. The Morgan fingerprint density at radius 2 is 1.63 bits per heavy atom. The molecule has 1 saturated heterocycles. The van der Waals surface area contributed by atoms with Crippen molar-refractivity contribution in [3.8, 4) is 11.5 Å². The molecule has 7 nitrogen and oxygen atoms in total. The number of benzene rings is 2. The first-order valence-corrected chi connectivity index (χ1v) is 11.4. The van der Waals surface area contributed by atoms with E-state index in [1.165, 1.54) is 23.5 Å². The number of ether oxygens (including phenoxy) is 2. The lowest BCUT2D eigenvalue weighted by Gasteiger charge is -2.31. The molecule has 0 aliphatic carbocycles. The number of piperidine rings is 1. The zero-order valence-electron chi connectivity index (χ0n) is 17.3. The van der Waals surface area contributed by atoms with Crippen LogP contribution in [0.5, 0.6) is 11.5 Å². The largest absolute Gasteiger partial charge is 0.497 e. The monoisotopic (exact) mass is 432 g/mol. The van der Waals surface area contributed by atoms with Crippen LogP contribution < -0.4 is 14.8 Å². The molecule has 1 heterocycles. The first-order valence-electron chi connectivity index (χ1n) is 9.99. The summed E-state index contributed by atoms with van der Waals surface area (Å²) in [6, 6.07) is 14.0. The average molecular weight is 433 g/mol. The summed E-state index contributed by atoms with van der Waals surface area (Å²) in [4.78, 5) is 12.8. The summed E-state index contributed by atoms with van der Waals surface area (Å²) in [7, 11) is -0.481. The fraction of sp³-hybridized carbons (Fsp3) is 0.409. The molecule has 1 aliphatic heterocycles. The second-order valence-corrected chi connectivity index (χ2v) is 9.20. The molecule has 2 aromatic carbocycles. The van der Waals surface area contributed by atoms with E-state index in [-0.39, 0.29) is 23.3 Å². The predicted molar refractivity (Wildman–Crippen MR) is 114 cm³/mol. The Labute approximate surface area is 178 Å². The van der Waals surface area contributed by atoms with E-state index in [4.69, 9.17) is 9.47 Å². The minimum Gasteiger partial charge on any atom is -0.497 e. The maximum Gasteiger partial charge on any atom is 0.243 e. The molecule has 3 rings (SSSR count). The summed E-state index contributed by atoms with van der Waals surface area (Å²) in [6.45, 7) is 1.12. The number of nitrogens with zero attached hydrogens (tertiary/aromatic N) is 1. The van der Waals surface area contributed by atoms with Crippen LogP contribution in [-0.4, -0.2) is 52.5 Å². The number of hydrogen-bond donors (Lipinski definition) is 1. The Balaban J connectivity index is 1.55. The number of hydrogen-bond acceptors (Lipinski definition) is 5. The number of amides is 1. The van der Waals surface area contributed by atoms with Crippen molar-refractivity contribution in [2.45, 2.75) is 24.2 Å². The highest BCUT2D eigenvalue weighted by Crippen LogP contribution is 2.25. The number of rotatable bonds is 8. The Hall–Kier alpha value is -2.58. The van der Waals surface area contributed by atoms with E-state index in [1.807, 2.05) is 24.3 Å². The molecular weight excluding hydrogens is 404 g/mol. The van der Waals surface area contributed by atoms with Crippen LogP contribution in [-0.2, 0) is 21.2 Å². The van der Waals surface area contributed by atoms with Crippen molar-refractivity contribution in [2.75, 3.05) is 33.9 Å². The van der Waals surface area contributed by atoms with Crippen molar-refractivity contribution in [2.24, 2.45) is 5.92 Å². The third-order valence-corrected chi connectivity index (χ3v) is 7.20. The lowest BCUT2D eigenvalue weighted by Crippen LogP contribution is -2.45. The molecule has 0 bridgehead atoms. The van der Waals surface area contributed by atoms with Crippen molar-refractivity contribution in [1.82, 2.24) is 9.62 Å². The standard InChI is InChI=1S/C22H28N2O5S/c1-28-19-7-5-17(6-8-19)13-14-23-22(25)18-4-3-15-24(16-18)30(26,27)21-11-9-20(29-2)10-12-21/h5-12,18H,3-4,13-16H2,1-2H3,(H,23,25)/t18-/m0/s1. The highest BCUT2D eigenvalue weighted by atomic mass is 32.2. The van der Waals surface area contributed by atoms with E-state index < -0.39 is 10.0 Å². The van der Waals surface area contributed by atoms with Gasteiger partial charge < -0.3 is 14.8 Å². The molecule has 0 unspecified atom stereocenters. The molecule has 30 heavy (non-hydrogen) atoms. The quantitative estimate of drug-likeness (QED) is 0.693. The fourth-order valence-electron chi connectivity index (χ4n) is 3.54. The molecular formula is C22H28N2O5S. The van der Waals surface area contributed by atoms with Gasteiger partial charge in [-0.3, -0.25) is 4.79 Å². The molecule has 0 aromatic heterocycles. The molecule has 1 N–H and O–H groups in total. The van der Waals surface area contributed by atoms with Gasteiger partial charge in [0, 0.05) is 19.6 Å². The predicted octanol–water partition coefficient (Wildman–Crippen LogP) is 2.46. The summed E-state index contributed by atoms with van der Waals surface area (Å²) < 4.78 is 37.5. The van der Waals surface area contributed by atoms with Crippen molar-refractivity contribution >= 4 is 15.9 Å². The van der Waals surface area contributed by atoms with E-state index in [0.717, 1.165) is 11.3 Å². The van der Waals surface area contributed by atoms with Crippen LogP contribution >= 0.6 is 0 Å². The van der Waals surface area contributed by atoms with Gasteiger partial charge >= 0.3 is 0 Å². The Bertz CT molecular complexity index is 942. The summed E-state index contributed by atoms with van der Waals surface area (Å²) >= 11 is 0. The maximum absolute atomic E-state index is 12.9. The van der Waals surface area contributed by atoms with Crippen molar-refractivity contribution in [3.05, 3.63) is 54.1 Å². The number of methoxy groups -OCH3 is 2. The van der Waals surface area contributed by atoms with Crippen LogP contribution in [0.3, 0.4) is 0 Å². The van der Waals surface area contributed by atoms with Gasteiger partial charge in [0.1, 0.15) is 11.5 Å². The molecule has 1 fully saturated rings. The smallest absolute Gasteiger partial charge is 0.243 e. The van der Waals surface area contributed by atoms with Crippen LogP contribution in [0.2, 0.25) is 0 Å². The normalized spacial score (nSPS) is 17.3. The molecule has 1 aliphatic rings. The van der Waals surface area contributed by atoms with Crippen LogP contribution in [0, 0.1) is 5.92 Å². The second-order valence-electron chi connectivity index (χ2n) is 7.27. The molecule has 0 saturated carbocycles. The highest BCUT2D eigenvalue weighted by Gasteiger charge is 2.33. The molecule has 8 heteroatoms. The molecule has 1 amide bonds. The van der Waals surface area contributed by atoms with Gasteiger partial charge in [-0.05, 0) is 61.2 Å². The van der Waals surface area contributed by atoms with Gasteiger partial charge in [-0.1, -0.05) is 12.1 Å². The van der Waals surface area contributed by atoms with Gasteiger partial charge in [0.15, 0.2) is 0 Å². The van der Waals surface area contributed by atoms with Crippen LogP contribution in [0.4, 0.5) is 0 Å². The van der Waals surface area contributed by atoms with E-state index in [0.29, 0.717) is 38.1 Å². The van der Waals surface area contributed by atoms with Gasteiger partial charge in [0.25, 0.3) is 0 Å². The topological polar surface area (TPSA) is 84.9 Å². The molecule has 1 atom stereocenters. The fourth-order valence-corrected chi connectivity index (χ4v) is 5.06. The summed E-state index contributed by atoms with van der Waals surface area (Å²) in [5, 5.41) is 2.95. The zero-order valence-corrected chi connectivity index (χ0v) is 18.2. The third kappa shape index (κ3) is 5.31. The van der Waals surface area contributed by atoms with Gasteiger partial charge in [-0.2, -0.15) is 4.31 Å². The Kier molecular flexibility index (Phi) is 7.33. The first-order chi connectivity index (χ1) is 14.4. The van der Waals surface area contributed by atoms with E-state index in [1.54, 1.807) is 19.2 Å². The number of carbonyl (C=O) groups is 1. The van der Waals surface area contributed by atoms with Crippen LogP contribution in [0.25, 0.3) is 0 Å². The van der Waals surface area contributed by atoms with E-state index in [9.17, 15) is 13.2 Å². The Morgan fingerprint density at radius 3 is 2.23 bits per heavy atom. The summed E-state index contributed by atoms with van der Waals surface area (Å²) in [6.07, 6.45) is 2.05. The number of sulfonamides is 1. The second kappa shape index (κ2) is 9.95. The third-order valence-electron chi connectivity index (χ3n) is 5.32. The highest BCUT2D eigenvalue weighted by molar-refractivity contribution is 7.89. The minimum atomic E-state index is -3.64. The SMILES string of the molecule is COc1ccc(CCNC(=O)[C@H]2CCCN(S(=O)(=O)c3ccc(OC)cc3)C2)cc1. The molecule has 2 aromatic rings. The van der Waals surface area contributed by atoms with Gasteiger partial charge in [-0.25, -0.2) is 8.42 Å². The van der Waals surface area contributed by atoms with Gasteiger partial charge in [0.2, 0.25) is 15.9 Å². The molecule has 0 spiro atoms. The van der Waals surface area contributed by atoms with E-state index in [2.05, 4.69) is 5.32 Å². The van der Waals surface area contributed by atoms with E-state index >= 15 is 0 Å². The number of nitrogens with one attached hydrogen (secondary N) is 1. The van der Waals surface area contributed by atoms with Crippen molar-refractivity contribution < 1.29 is 22.7 Å². The number of carbonyl (C=O) groups excluding carboxylic acids is 1. The lowest BCUT2D eigenvalue weighted by molar-refractivity contribution is -0.126. The van der Waals surface area contributed by atoms with Crippen molar-refractivity contribution in [3.63, 3.8) is 0 Å². The summed E-state index contributed by atoms with van der Waals surface area (Å²) in [5.41, 5.74) is 1.10. The van der Waals surface area contributed by atoms with Crippen LogP contribution in [0.15, 0.2) is 53.4 Å². The molecule has 162 valence electrons. The van der Waals surface area contributed by atoms with Gasteiger partial charge in [-0.15, -0.1) is 0 Å². The average Bonchev–Trinajstić information content (AvgIpc) is 2.79. The maximum atomic E-state index is 12.9. The first kappa shape index (κ1) is 22.1.